The van der Waals surface area contributed by atoms with Crippen LogP contribution in [-0.4, -0.2) is 10.1 Å². The van der Waals surface area contributed by atoms with E-state index < -0.39 is 0 Å². The lowest BCUT2D eigenvalue weighted by molar-refractivity contribution is 0.310. The van der Waals surface area contributed by atoms with E-state index in [2.05, 4.69) is 24.0 Å². The lowest BCUT2D eigenvalue weighted by Crippen LogP contribution is -2.18. The van der Waals surface area contributed by atoms with Crippen LogP contribution in [-0.2, 0) is 6.42 Å². The Labute approximate surface area is 90.2 Å². The van der Waals surface area contributed by atoms with Crippen molar-refractivity contribution in [1.29, 1.82) is 0 Å². The summed E-state index contributed by atoms with van der Waals surface area (Å²) in [6, 6.07) is -0.115. The molecular formula is C11H19N3O. The monoisotopic (exact) mass is 209 g/mol. The van der Waals surface area contributed by atoms with Crippen molar-refractivity contribution in [2.24, 2.45) is 17.6 Å². The van der Waals surface area contributed by atoms with Crippen molar-refractivity contribution in [3.63, 3.8) is 0 Å². The highest BCUT2D eigenvalue weighted by Crippen LogP contribution is 2.32. The van der Waals surface area contributed by atoms with E-state index in [9.17, 15) is 0 Å². The summed E-state index contributed by atoms with van der Waals surface area (Å²) in [6.45, 7) is 4.22. The first-order valence-electron chi connectivity index (χ1n) is 5.78. The first kappa shape index (κ1) is 10.6. The molecule has 1 saturated carbocycles. The van der Waals surface area contributed by atoms with Gasteiger partial charge < -0.3 is 10.3 Å². The van der Waals surface area contributed by atoms with E-state index in [1.54, 1.807) is 0 Å². The van der Waals surface area contributed by atoms with E-state index in [-0.39, 0.29) is 6.04 Å². The molecule has 0 aliphatic heterocycles. The molecule has 0 saturated heterocycles. The van der Waals surface area contributed by atoms with Gasteiger partial charge in [0.15, 0.2) is 5.82 Å². The van der Waals surface area contributed by atoms with E-state index in [0.29, 0.717) is 11.8 Å². The molecule has 1 fully saturated rings. The molecule has 0 spiro atoms. The minimum atomic E-state index is -0.115. The number of nitrogens with zero attached hydrogens (tertiary/aromatic N) is 2. The third kappa shape index (κ3) is 2.56. The molecular weight excluding hydrogens is 190 g/mol. The molecule has 0 aromatic carbocycles. The highest BCUT2D eigenvalue weighted by atomic mass is 16.5. The van der Waals surface area contributed by atoms with Gasteiger partial charge in [-0.3, -0.25) is 0 Å². The molecule has 0 bridgehead atoms. The summed E-state index contributed by atoms with van der Waals surface area (Å²) in [5.41, 5.74) is 6.01. The van der Waals surface area contributed by atoms with E-state index >= 15 is 0 Å². The van der Waals surface area contributed by atoms with Gasteiger partial charge in [-0.15, -0.1) is 0 Å². The maximum absolute atomic E-state index is 6.01. The zero-order valence-electron chi connectivity index (χ0n) is 9.44. The molecule has 2 rings (SSSR count). The number of rotatable bonds is 5. The third-order valence-electron chi connectivity index (χ3n) is 3.19. The molecule has 0 amide bonds. The Kier molecular flexibility index (Phi) is 3.05. The van der Waals surface area contributed by atoms with Gasteiger partial charge in [-0.05, 0) is 24.7 Å². The lowest BCUT2D eigenvalue weighted by Gasteiger charge is -2.12. The van der Waals surface area contributed by atoms with Gasteiger partial charge in [-0.1, -0.05) is 25.4 Å². The predicted molar refractivity (Wildman–Crippen MR) is 57.1 cm³/mol. The summed E-state index contributed by atoms with van der Waals surface area (Å²) in [6.07, 6.45) is 4.60. The second kappa shape index (κ2) is 4.31. The van der Waals surface area contributed by atoms with E-state index in [0.717, 1.165) is 24.6 Å². The van der Waals surface area contributed by atoms with Crippen LogP contribution in [0.15, 0.2) is 4.52 Å². The van der Waals surface area contributed by atoms with Crippen LogP contribution in [0, 0.1) is 11.8 Å². The van der Waals surface area contributed by atoms with Gasteiger partial charge in [-0.25, -0.2) is 0 Å². The molecule has 84 valence electrons. The Hall–Kier alpha value is -0.900. The molecule has 0 radical (unpaired) electrons. The highest BCUT2D eigenvalue weighted by molar-refractivity contribution is 4.96. The number of hydrogen-bond acceptors (Lipinski definition) is 4. The van der Waals surface area contributed by atoms with Gasteiger partial charge in [-0.2, -0.15) is 4.98 Å². The first-order valence-corrected chi connectivity index (χ1v) is 5.78. The molecule has 1 aromatic heterocycles. The van der Waals surface area contributed by atoms with Crippen LogP contribution in [0.3, 0.4) is 0 Å². The Morgan fingerprint density at radius 3 is 2.87 bits per heavy atom. The lowest BCUT2D eigenvalue weighted by atomic mass is 10.0. The van der Waals surface area contributed by atoms with Crippen LogP contribution in [0.5, 0.6) is 0 Å². The second-order valence-corrected chi connectivity index (χ2v) is 4.61. The normalized spacial score (nSPS) is 20.2. The topological polar surface area (TPSA) is 64.9 Å². The molecule has 4 nitrogen and oxygen atoms in total. The number of aromatic nitrogens is 2. The largest absolute Gasteiger partial charge is 0.338 e. The quantitative estimate of drug-likeness (QED) is 0.806. The Morgan fingerprint density at radius 2 is 2.27 bits per heavy atom. The molecule has 4 heteroatoms. The SMILES string of the molecule is CC[C@H](C)[C@H](N)c1nc(CC2CC2)no1. The van der Waals surface area contributed by atoms with E-state index in [4.69, 9.17) is 10.3 Å². The smallest absolute Gasteiger partial charge is 0.243 e. The van der Waals surface area contributed by atoms with Crippen molar-refractivity contribution in [3.8, 4) is 0 Å². The zero-order valence-corrected chi connectivity index (χ0v) is 9.44. The first-order chi connectivity index (χ1) is 7.20. The van der Waals surface area contributed by atoms with Gasteiger partial charge in [0.25, 0.3) is 0 Å². The van der Waals surface area contributed by atoms with Gasteiger partial charge in [0.05, 0.1) is 6.04 Å². The Balaban J connectivity index is 1.98. The summed E-state index contributed by atoms with van der Waals surface area (Å²) >= 11 is 0. The minimum Gasteiger partial charge on any atom is -0.338 e. The van der Waals surface area contributed by atoms with Crippen molar-refractivity contribution in [2.75, 3.05) is 0 Å². The Bertz CT molecular complexity index is 319. The average molecular weight is 209 g/mol. The summed E-state index contributed by atoms with van der Waals surface area (Å²) < 4.78 is 5.19. The van der Waals surface area contributed by atoms with Gasteiger partial charge in [0.1, 0.15) is 0 Å². The average Bonchev–Trinajstić information content (AvgIpc) is 2.93. The van der Waals surface area contributed by atoms with Crippen LogP contribution in [0.2, 0.25) is 0 Å². The fraction of sp³-hybridized carbons (Fsp3) is 0.818. The summed E-state index contributed by atoms with van der Waals surface area (Å²) in [5.74, 6) is 2.60. The summed E-state index contributed by atoms with van der Waals surface area (Å²) in [7, 11) is 0. The predicted octanol–water partition coefficient (Wildman–Crippen LogP) is 2.07. The van der Waals surface area contributed by atoms with Crippen molar-refractivity contribution < 1.29 is 4.52 Å². The van der Waals surface area contributed by atoms with Crippen molar-refractivity contribution in [3.05, 3.63) is 11.7 Å². The number of nitrogens with two attached hydrogens (primary N) is 1. The highest BCUT2D eigenvalue weighted by Gasteiger charge is 2.25. The molecule has 1 aliphatic carbocycles. The van der Waals surface area contributed by atoms with E-state index in [1.807, 2.05) is 0 Å². The van der Waals surface area contributed by atoms with Crippen molar-refractivity contribution in [2.45, 2.75) is 45.6 Å². The van der Waals surface area contributed by atoms with Crippen LogP contribution in [0.1, 0.15) is 50.9 Å². The van der Waals surface area contributed by atoms with Crippen LogP contribution in [0.25, 0.3) is 0 Å². The van der Waals surface area contributed by atoms with Crippen LogP contribution < -0.4 is 5.73 Å². The molecule has 2 atom stereocenters. The fourth-order valence-electron chi connectivity index (χ4n) is 1.56. The van der Waals surface area contributed by atoms with Gasteiger partial charge in [0, 0.05) is 6.42 Å². The zero-order chi connectivity index (χ0) is 10.8. The molecule has 15 heavy (non-hydrogen) atoms. The number of hydrogen-bond donors (Lipinski definition) is 1. The molecule has 2 N–H and O–H groups in total. The van der Waals surface area contributed by atoms with Gasteiger partial charge >= 0.3 is 0 Å². The molecule has 0 unspecified atom stereocenters. The van der Waals surface area contributed by atoms with Crippen molar-refractivity contribution in [1.82, 2.24) is 10.1 Å². The molecule has 1 aliphatic rings. The van der Waals surface area contributed by atoms with Crippen LogP contribution >= 0.6 is 0 Å². The maximum Gasteiger partial charge on any atom is 0.243 e. The third-order valence-corrected chi connectivity index (χ3v) is 3.19. The van der Waals surface area contributed by atoms with Crippen molar-refractivity contribution >= 4 is 0 Å². The maximum atomic E-state index is 6.01. The second-order valence-electron chi connectivity index (χ2n) is 4.61. The standard InChI is InChI=1S/C11H19N3O/c1-3-7(2)10(12)11-13-9(14-15-11)6-8-4-5-8/h7-8,10H,3-6,12H2,1-2H3/t7-,10-/m0/s1. The molecule has 1 aromatic rings. The van der Waals surface area contributed by atoms with E-state index in [1.165, 1.54) is 12.8 Å². The molecule has 1 heterocycles. The summed E-state index contributed by atoms with van der Waals surface area (Å²) in [5, 5.41) is 3.97. The fourth-order valence-corrected chi connectivity index (χ4v) is 1.56. The van der Waals surface area contributed by atoms with Crippen LogP contribution in [0.4, 0.5) is 0 Å². The summed E-state index contributed by atoms with van der Waals surface area (Å²) in [4.78, 5) is 4.36. The van der Waals surface area contributed by atoms with Gasteiger partial charge in [0.2, 0.25) is 5.89 Å². The minimum absolute atomic E-state index is 0.115. The Morgan fingerprint density at radius 1 is 1.53 bits per heavy atom.